The van der Waals surface area contributed by atoms with E-state index in [1.165, 1.54) is 11.3 Å². The van der Waals surface area contributed by atoms with E-state index in [1.54, 1.807) is 12.3 Å². The maximum absolute atomic E-state index is 5.98. The summed E-state index contributed by atoms with van der Waals surface area (Å²) in [6, 6.07) is 1.79. The molecule has 3 nitrogen and oxygen atoms in total. The van der Waals surface area contributed by atoms with Crippen molar-refractivity contribution >= 4 is 34.5 Å². The molecule has 2 aromatic rings. The van der Waals surface area contributed by atoms with Crippen LogP contribution in [0.25, 0.3) is 10.8 Å². The van der Waals surface area contributed by atoms with Gasteiger partial charge in [0.1, 0.15) is 9.49 Å². The second-order valence-electron chi connectivity index (χ2n) is 4.07. The fourth-order valence-electron chi connectivity index (χ4n) is 1.44. The first-order valence-corrected chi connectivity index (χ1v) is 6.77. The van der Waals surface area contributed by atoms with Crippen molar-refractivity contribution in [3.63, 3.8) is 0 Å². The van der Waals surface area contributed by atoms with Crippen LogP contribution in [-0.2, 0) is 6.42 Å². The minimum absolute atomic E-state index is 0.442. The summed E-state index contributed by atoms with van der Waals surface area (Å²) >= 11 is 13.2. The summed E-state index contributed by atoms with van der Waals surface area (Å²) in [5, 5.41) is 1.14. The average molecular weight is 288 g/mol. The smallest absolute Gasteiger partial charge is 0.190 e. The van der Waals surface area contributed by atoms with Gasteiger partial charge in [0.05, 0.1) is 6.20 Å². The van der Waals surface area contributed by atoms with Crippen LogP contribution in [0, 0.1) is 5.92 Å². The minimum atomic E-state index is 0.442. The van der Waals surface area contributed by atoms with Crippen LogP contribution in [0.4, 0.5) is 0 Å². The average Bonchev–Trinajstić information content (AvgIpc) is 2.62. The van der Waals surface area contributed by atoms with Crippen molar-refractivity contribution in [3.05, 3.63) is 27.4 Å². The third-order valence-electron chi connectivity index (χ3n) is 2.03. The van der Waals surface area contributed by atoms with E-state index in [1.807, 2.05) is 0 Å². The molecule has 0 aliphatic carbocycles. The van der Waals surface area contributed by atoms with Gasteiger partial charge >= 0.3 is 0 Å². The Hall–Kier alpha value is -0.710. The summed E-state index contributed by atoms with van der Waals surface area (Å²) < 4.78 is 0.619. The molecule has 2 aromatic heterocycles. The molecule has 0 spiro atoms. The molecule has 0 aliphatic rings. The van der Waals surface area contributed by atoms with Gasteiger partial charge in [0.25, 0.3) is 0 Å². The molecule has 2 heterocycles. The topological polar surface area (TPSA) is 38.7 Å². The van der Waals surface area contributed by atoms with Crippen molar-refractivity contribution in [2.45, 2.75) is 20.3 Å². The number of thiazole rings is 1. The molecular weight excluding hydrogens is 277 g/mol. The Kier molecular flexibility index (Phi) is 3.97. The van der Waals surface area contributed by atoms with Gasteiger partial charge in [-0.1, -0.05) is 48.4 Å². The van der Waals surface area contributed by atoms with Gasteiger partial charge in [-0.05, 0) is 18.4 Å². The fourth-order valence-corrected chi connectivity index (χ4v) is 2.49. The van der Waals surface area contributed by atoms with Crippen molar-refractivity contribution in [2.24, 2.45) is 5.92 Å². The monoisotopic (exact) mass is 287 g/mol. The van der Waals surface area contributed by atoms with Gasteiger partial charge in [-0.15, -0.1) is 0 Å². The molecule has 6 heteroatoms. The molecule has 0 unspecified atom stereocenters. The predicted molar refractivity (Wildman–Crippen MR) is 71.7 cm³/mol. The molecule has 0 amide bonds. The first-order chi connectivity index (χ1) is 8.04. The summed E-state index contributed by atoms with van der Waals surface area (Å²) in [4.78, 5) is 12.8. The Morgan fingerprint density at radius 3 is 2.65 bits per heavy atom. The van der Waals surface area contributed by atoms with Crippen LogP contribution < -0.4 is 0 Å². The summed E-state index contributed by atoms with van der Waals surface area (Å²) in [5.74, 6) is 1.07. The maximum Gasteiger partial charge on any atom is 0.190 e. The van der Waals surface area contributed by atoms with Crippen molar-refractivity contribution < 1.29 is 0 Å². The fraction of sp³-hybridized carbons (Fsp3) is 0.364. The highest BCUT2D eigenvalue weighted by atomic mass is 35.5. The van der Waals surface area contributed by atoms with Gasteiger partial charge in [0, 0.05) is 5.69 Å². The van der Waals surface area contributed by atoms with Crippen LogP contribution >= 0.6 is 34.5 Å². The minimum Gasteiger partial charge on any atom is -0.240 e. The number of hydrogen-bond donors (Lipinski definition) is 0. The predicted octanol–water partition coefficient (Wildman–Crippen LogP) is 4.11. The van der Waals surface area contributed by atoms with E-state index in [0.29, 0.717) is 26.2 Å². The lowest BCUT2D eigenvalue weighted by atomic mass is 10.1. The van der Waals surface area contributed by atoms with E-state index in [0.717, 1.165) is 12.1 Å². The van der Waals surface area contributed by atoms with Crippen LogP contribution in [0.3, 0.4) is 0 Å². The molecule has 0 atom stereocenters. The van der Waals surface area contributed by atoms with E-state index in [-0.39, 0.29) is 0 Å². The Morgan fingerprint density at radius 2 is 2.06 bits per heavy atom. The zero-order valence-electron chi connectivity index (χ0n) is 9.44. The van der Waals surface area contributed by atoms with E-state index in [9.17, 15) is 0 Å². The van der Waals surface area contributed by atoms with Crippen molar-refractivity contribution in [1.29, 1.82) is 0 Å². The third-order valence-corrected chi connectivity index (χ3v) is 3.34. The highest BCUT2D eigenvalue weighted by Crippen LogP contribution is 2.26. The van der Waals surface area contributed by atoms with Crippen LogP contribution in [0.5, 0.6) is 0 Å². The second-order valence-corrected chi connectivity index (χ2v) is 6.12. The zero-order chi connectivity index (χ0) is 12.4. The lowest BCUT2D eigenvalue weighted by molar-refractivity contribution is 0.634. The van der Waals surface area contributed by atoms with Crippen molar-refractivity contribution in [1.82, 2.24) is 15.0 Å². The molecule has 17 heavy (non-hydrogen) atoms. The van der Waals surface area contributed by atoms with Crippen molar-refractivity contribution in [3.8, 4) is 10.8 Å². The van der Waals surface area contributed by atoms with Gasteiger partial charge in [0.15, 0.2) is 10.8 Å². The van der Waals surface area contributed by atoms with E-state index < -0.39 is 0 Å². The van der Waals surface area contributed by atoms with Crippen LogP contribution in [0.15, 0.2) is 12.3 Å². The SMILES string of the molecule is CC(C)Cc1cc(Cl)nc(-c2ncc(Cl)s2)n1. The normalized spacial score (nSPS) is 11.1. The third kappa shape index (κ3) is 3.37. The molecule has 0 saturated heterocycles. The molecular formula is C11H11Cl2N3S. The largest absolute Gasteiger partial charge is 0.240 e. The van der Waals surface area contributed by atoms with Gasteiger partial charge in [0.2, 0.25) is 0 Å². The van der Waals surface area contributed by atoms with E-state index in [4.69, 9.17) is 23.2 Å². The molecule has 0 saturated carbocycles. The Bertz CT molecular complexity index is 525. The Morgan fingerprint density at radius 1 is 1.29 bits per heavy atom. The van der Waals surface area contributed by atoms with Gasteiger partial charge in [-0.2, -0.15) is 0 Å². The Balaban J connectivity index is 2.37. The lowest BCUT2D eigenvalue weighted by Crippen LogP contribution is -2.00. The summed E-state index contributed by atoms with van der Waals surface area (Å²) in [6.45, 7) is 4.27. The quantitative estimate of drug-likeness (QED) is 0.798. The summed E-state index contributed by atoms with van der Waals surface area (Å²) in [5.41, 5.74) is 0.932. The molecule has 0 fully saturated rings. The molecule has 90 valence electrons. The highest BCUT2D eigenvalue weighted by molar-refractivity contribution is 7.18. The van der Waals surface area contributed by atoms with Gasteiger partial charge < -0.3 is 0 Å². The summed E-state index contributed by atoms with van der Waals surface area (Å²) in [6.07, 6.45) is 2.46. The van der Waals surface area contributed by atoms with Gasteiger partial charge in [-0.25, -0.2) is 15.0 Å². The number of rotatable bonds is 3. The zero-order valence-corrected chi connectivity index (χ0v) is 11.8. The van der Waals surface area contributed by atoms with E-state index >= 15 is 0 Å². The van der Waals surface area contributed by atoms with Gasteiger partial charge in [-0.3, -0.25) is 0 Å². The standard InChI is InChI=1S/C11H11Cl2N3S/c1-6(2)3-7-4-8(12)16-10(15-7)11-14-5-9(13)17-11/h4-6H,3H2,1-2H3. The summed E-state index contributed by atoms with van der Waals surface area (Å²) in [7, 11) is 0. The van der Waals surface area contributed by atoms with Crippen molar-refractivity contribution in [2.75, 3.05) is 0 Å². The van der Waals surface area contributed by atoms with Crippen LogP contribution in [0.1, 0.15) is 19.5 Å². The van der Waals surface area contributed by atoms with Crippen LogP contribution in [-0.4, -0.2) is 15.0 Å². The lowest BCUT2D eigenvalue weighted by Gasteiger charge is -2.05. The maximum atomic E-state index is 5.98. The number of nitrogens with zero attached hydrogens (tertiary/aromatic N) is 3. The number of aromatic nitrogens is 3. The van der Waals surface area contributed by atoms with E-state index in [2.05, 4.69) is 28.8 Å². The number of hydrogen-bond acceptors (Lipinski definition) is 4. The number of halogens is 2. The molecule has 0 radical (unpaired) electrons. The Labute approximate surface area is 114 Å². The first kappa shape index (κ1) is 12.7. The molecule has 0 N–H and O–H groups in total. The molecule has 0 aromatic carbocycles. The highest BCUT2D eigenvalue weighted by Gasteiger charge is 2.10. The second kappa shape index (κ2) is 5.29. The molecule has 2 rings (SSSR count). The molecule has 0 bridgehead atoms. The van der Waals surface area contributed by atoms with Crippen LogP contribution in [0.2, 0.25) is 9.49 Å². The first-order valence-electron chi connectivity index (χ1n) is 5.19. The molecule has 0 aliphatic heterocycles.